The van der Waals surface area contributed by atoms with Gasteiger partial charge < -0.3 is 14.7 Å². The summed E-state index contributed by atoms with van der Waals surface area (Å²) < 4.78 is 5.70. The highest BCUT2D eigenvalue weighted by atomic mass is 35.5. The van der Waals surface area contributed by atoms with Crippen LogP contribution in [0.4, 0.5) is 0 Å². The second-order valence-corrected chi connectivity index (χ2v) is 6.55. The number of aromatic carboxylic acids is 1. The van der Waals surface area contributed by atoms with E-state index in [-0.39, 0.29) is 17.4 Å². The van der Waals surface area contributed by atoms with Gasteiger partial charge in [-0.3, -0.25) is 4.79 Å². The molecule has 0 bridgehead atoms. The van der Waals surface area contributed by atoms with E-state index >= 15 is 0 Å². The maximum atomic E-state index is 12.2. The number of amides is 1. The van der Waals surface area contributed by atoms with Crippen LogP contribution in [0.15, 0.2) is 48.5 Å². The number of carbonyl (C=O) groups is 2. The van der Waals surface area contributed by atoms with Crippen molar-refractivity contribution >= 4 is 23.5 Å². The van der Waals surface area contributed by atoms with Crippen LogP contribution in [0.5, 0.6) is 5.75 Å². The first-order valence-corrected chi connectivity index (χ1v) is 8.37. The summed E-state index contributed by atoms with van der Waals surface area (Å²) in [6, 6.07) is 13.7. The van der Waals surface area contributed by atoms with Gasteiger partial charge in [0.2, 0.25) is 5.91 Å². The molecule has 1 unspecified atom stereocenters. The lowest BCUT2D eigenvalue weighted by atomic mass is 10.1. The van der Waals surface area contributed by atoms with Gasteiger partial charge in [-0.15, -0.1) is 0 Å². The highest BCUT2D eigenvalue weighted by molar-refractivity contribution is 6.30. The number of rotatable bonds is 6. The molecule has 1 aliphatic rings. The number of benzene rings is 2. The summed E-state index contributed by atoms with van der Waals surface area (Å²) in [5, 5.41) is 9.56. The summed E-state index contributed by atoms with van der Waals surface area (Å²) in [5.41, 5.74) is 1.26. The summed E-state index contributed by atoms with van der Waals surface area (Å²) in [6.07, 6.45) is 0.459. The van der Waals surface area contributed by atoms with E-state index in [4.69, 9.17) is 21.4 Å². The SMILES string of the molecule is O=C(O)c1ccc(OCC2CC(=O)N(Cc3ccc(Cl)cc3)C2)cc1. The molecule has 5 nitrogen and oxygen atoms in total. The van der Waals surface area contributed by atoms with Crippen molar-refractivity contribution in [1.82, 2.24) is 4.90 Å². The maximum absolute atomic E-state index is 12.2. The Balaban J connectivity index is 1.52. The van der Waals surface area contributed by atoms with Crippen LogP contribution in [0.25, 0.3) is 0 Å². The molecule has 1 amide bonds. The van der Waals surface area contributed by atoms with Gasteiger partial charge in [0.05, 0.1) is 12.2 Å². The second-order valence-electron chi connectivity index (χ2n) is 6.11. The van der Waals surface area contributed by atoms with E-state index in [1.807, 2.05) is 29.2 Å². The maximum Gasteiger partial charge on any atom is 0.335 e. The van der Waals surface area contributed by atoms with E-state index in [1.165, 1.54) is 12.1 Å². The lowest BCUT2D eigenvalue weighted by Crippen LogP contribution is -2.25. The first kappa shape index (κ1) is 17.3. The predicted molar refractivity (Wildman–Crippen MR) is 93.9 cm³/mol. The van der Waals surface area contributed by atoms with Crippen molar-refractivity contribution in [2.24, 2.45) is 5.92 Å². The molecule has 3 rings (SSSR count). The average molecular weight is 360 g/mol. The fraction of sp³-hybridized carbons (Fsp3) is 0.263. The zero-order valence-electron chi connectivity index (χ0n) is 13.5. The summed E-state index contributed by atoms with van der Waals surface area (Å²) in [6.45, 7) is 1.64. The molecule has 0 aromatic heterocycles. The van der Waals surface area contributed by atoms with Gasteiger partial charge in [-0.1, -0.05) is 23.7 Å². The van der Waals surface area contributed by atoms with Crippen molar-refractivity contribution < 1.29 is 19.4 Å². The van der Waals surface area contributed by atoms with E-state index in [1.54, 1.807) is 12.1 Å². The fourth-order valence-electron chi connectivity index (χ4n) is 2.84. The van der Waals surface area contributed by atoms with E-state index in [0.717, 1.165) is 5.56 Å². The Hall–Kier alpha value is -2.53. The van der Waals surface area contributed by atoms with Crippen molar-refractivity contribution in [2.75, 3.05) is 13.2 Å². The largest absolute Gasteiger partial charge is 0.493 e. The van der Waals surface area contributed by atoms with E-state index < -0.39 is 5.97 Å². The molecule has 0 aliphatic carbocycles. The number of ether oxygens (including phenoxy) is 1. The Morgan fingerprint density at radius 2 is 1.84 bits per heavy atom. The molecule has 2 aromatic carbocycles. The monoisotopic (exact) mass is 359 g/mol. The van der Waals surface area contributed by atoms with Crippen molar-refractivity contribution in [2.45, 2.75) is 13.0 Å². The van der Waals surface area contributed by atoms with Crippen LogP contribution >= 0.6 is 11.6 Å². The molecule has 25 heavy (non-hydrogen) atoms. The lowest BCUT2D eigenvalue weighted by molar-refractivity contribution is -0.128. The highest BCUT2D eigenvalue weighted by Crippen LogP contribution is 2.22. The Kier molecular flexibility index (Phi) is 5.24. The van der Waals surface area contributed by atoms with Crippen LogP contribution < -0.4 is 4.74 Å². The molecular formula is C19H18ClNO4. The molecule has 2 aromatic rings. The van der Waals surface area contributed by atoms with Gasteiger partial charge in [-0.2, -0.15) is 0 Å². The Bertz CT molecular complexity index is 758. The van der Waals surface area contributed by atoms with Gasteiger partial charge in [-0.25, -0.2) is 4.79 Å². The van der Waals surface area contributed by atoms with Crippen LogP contribution in [-0.2, 0) is 11.3 Å². The van der Waals surface area contributed by atoms with Crippen LogP contribution in [0.2, 0.25) is 5.02 Å². The number of nitrogens with zero attached hydrogens (tertiary/aromatic N) is 1. The Morgan fingerprint density at radius 3 is 2.48 bits per heavy atom. The average Bonchev–Trinajstić information content (AvgIpc) is 2.95. The third-order valence-corrected chi connectivity index (χ3v) is 4.42. The Labute approximate surface area is 150 Å². The zero-order chi connectivity index (χ0) is 17.8. The fourth-order valence-corrected chi connectivity index (χ4v) is 2.96. The topological polar surface area (TPSA) is 66.8 Å². The Morgan fingerprint density at radius 1 is 1.16 bits per heavy atom. The molecule has 1 atom stereocenters. The predicted octanol–water partition coefficient (Wildman–Crippen LogP) is 3.47. The van der Waals surface area contributed by atoms with Crippen LogP contribution in [0, 0.1) is 5.92 Å². The van der Waals surface area contributed by atoms with Gasteiger partial charge in [0.15, 0.2) is 0 Å². The third kappa shape index (κ3) is 4.51. The number of halogens is 1. The number of carboxylic acid groups (broad SMARTS) is 1. The van der Waals surface area contributed by atoms with Crippen molar-refractivity contribution in [1.29, 1.82) is 0 Å². The minimum absolute atomic E-state index is 0.116. The van der Waals surface area contributed by atoms with E-state index in [2.05, 4.69) is 0 Å². The number of hydrogen-bond donors (Lipinski definition) is 1. The standard InChI is InChI=1S/C19H18ClNO4/c20-16-5-1-13(2-6-16)10-21-11-14(9-18(21)22)12-25-17-7-3-15(4-8-17)19(23)24/h1-8,14H,9-12H2,(H,23,24). The van der Waals surface area contributed by atoms with Crippen LogP contribution in [0.1, 0.15) is 22.3 Å². The number of hydrogen-bond acceptors (Lipinski definition) is 3. The summed E-state index contributed by atoms with van der Waals surface area (Å²) in [4.78, 5) is 24.8. The van der Waals surface area contributed by atoms with Gasteiger partial charge in [-0.05, 0) is 42.0 Å². The molecule has 130 valence electrons. The number of carboxylic acids is 1. The molecule has 0 radical (unpaired) electrons. The molecule has 1 heterocycles. The van der Waals surface area contributed by atoms with Gasteiger partial charge >= 0.3 is 5.97 Å². The van der Waals surface area contributed by atoms with Gasteiger partial charge in [0.25, 0.3) is 0 Å². The molecule has 1 saturated heterocycles. The third-order valence-electron chi connectivity index (χ3n) is 4.17. The number of likely N-dealkylation sites (tertiary alicyclic amines) is 1. The molecule has 0 spiro atoms. The smallest absolute Gasteiger partial charge is 0.335 e. The van der Waals surface area contributed by atoms with E-state index in [9.17, 15) is 9.59 Å². The number of carbonyl (C=O) groups excluding carboxylic acids is 1. The molecule has 1 fully saturated rings. The minimum Gasteiger partial charge on any atom is -0.493 e. The summed E-state index contributed by atoms with van der Waals surface area (Å²) in [7, 11) is 0. The van der Waals surface area contributed by atoms with Crippen molar-refractivity contribution in [3.63, 3.8) is 0 Å². The van der Waals surface area contributed by atoms with Crippen LogP contribution in [0.3, 0.4) is 0 Å². The summed E-state index contributed by atoms with van der Waals surface area (Å²) >= 11 is 5.88. The second kappa shape index (κ2) is 7.57. The molecular weight excluding hydrogens is 342 g/mol. The van der Waals surface area contributed by atoms with Crippen molar-refractivity contribution in [3.05, 3.63) is 64.7 Å². The van der Waals surface area contributed by atoms with Crippen LogP contribution in [-0.4, -0.2) is 35.0 Å². The molecule has 1 N–H and O–H groups in total. The minimum atomic E-state index is -0.967. The summed E-state index contributed by atoms with van der Waals surface area (Å²) in [5.74, 6) is -0.122. The quantitative estimate of drug-likeness (QED) is 0.857. The molecule has 1 aliphatic heterocycles. The first-order chi connectivity index (χ1) is 12.0. The lowest BCUT2D eigenvalue weighted by Gasteiger charge is -2.17. The molecule has 6 heteroatoms. The zero-order valence-corrected chi connectivity index (χ0v) is 14.3. The van der Waals surface area contributed by atoms with E-state index in [0.29, 0.717) is 36.9 Å². The van der Waals surface area contributed by atoms with Gasteiger partial charge in [0, 0.05) is 30.5 Å². The first-order valence-electron chi connectivity index (χ1n) is 7.99. The normalized spacial score (nSPS) is 16.9. The highest BCUT2D eigenvalue weighted by Gasteiger charge is 2.29. The van der Waals surface area contributed by atoms with Gasteiger partial charge in [0.1, 0.15) is 5.75 Å². The van der Waals surface area contributed by atoms with Crippen molar-refractivity contribution in [3.8, 4) is 5.75 Å². The molecule has 0 saturated carbocycles.